The number of nitrogens with one attached hydrogen (secondary N) is 2. The van der Waals surface area contributed by atoms with E-state index in [1.165, 1.54) is 6.42 Å². The Morgan fingerprint density at radius 3 is 2.48 bits per heavy atom. The zero-order valence-corrected chi connectivity index (χ0v) is 13.4. The van der Waals surface area contributed by atoms with Gasteiger partial charge in [0.2, 0.25) is 0 Å². The van der Waals surface area contributed by atoms with Crippen LogP contribution in [0.1, 0.15) is 69.4 Å². The highest BCUT2D eigenvalue weighted by molar-refractivity contribution is 5.95. The molecular weight excluding hydrogens is 264 g/mol. The molecule has 0 saturated heterocycles. The van der Waals surface area contributed by atoms with Crippen LogP contribution in [0, 0.1) is 0 Å². The first kappa shape index (κ1) is 15.8. The van der Waals surface area contributed by atoms with Crippen molar-refractivity contribution >= 4 is 11.7 Å². The molecule has 1 amide bonds. The highest BCUT2D eigenvalue weighted by Gasteiger charge is 2.36. The molecule has 2 rings (SSSR count). The summed E-state index contributed by atoms with van der Waals surface area (Å²) in [6, 6.07) is 3.56. The Morgan fingerprint density at radius 1 is 1.38 bits per heavy atom. The summed E-state index contributed by atoms with van der Waals surface area (Å²) in [5.41, 5.74) is 3.86. The number of amides is 1. The molecule has 1 aliphatic carbocycles. The van der Waals surface area contributed by atoms with Gasteiger partial charge in [-0.25, -0.2) is 10.8 Å². The van der Waals surface area contributed by atoms with E-state index in [1.807, 2.05) is 6.07 Å². The minimum absolute atomic E-state index is 0.0153. The molecule has 0 aliphatic heterocycles. The van der Waals surface area contributed by atoms with Gasteiger partial charge in [-0.05, 0) is 37.8 Å². The van der Waals surface area contributed by atoms with Crippen molar-refractivity contribution in [3.8, 4) is 0 Å². The lowest BCUT2D eigenvalue weighted by Gasteiger charge is -2.42. The average Bonchev–Trinajstić information content (AvgIpc) is 2.41. The number of nitrogen functional groups attached to an aromatic ring is 1. The number of nitrogens with zero attached hydrogens (tertiary/aromatic N) is 1. The SMILES string of the molecule is CCC1(NC(=O)c2cc(NN)nc(C(C)(C)C)c2)CCC1. The lowest BCUT2D eigenvalue weighted by molar-refractivity contribution is 0.0820. The molecule has 21 heavy (non-hydrogen) atoms. The molecule has 0 radical (unpaired) electrons. The third-order valence-corrected chi connectivity index (χ3v) is 4.37. The highest BCUT2D eigenvalue weighted by Crippen LogP contribution is 2.35. The maximum atomic E-state index is 12.6. The van der Waals surface area contributed by atoms with Crippen LogP contribution in [0.2, 0.25) is 0 Å². The van der Waals surface area contributed by atoms with E-state index in [9.17, 15) is 4.79 Å². The molecule has 5 heteroatoms. The number of anilines is 1. The van der Waals surface area contributed by atoms with Crippen molar-refractivity contribution in [2.45, 2.75) is 64.3 Å². The van der Waals surface area contributed by atoms with E-state index in [2.05, 4.69) is 43.4 Å². The van der Waals surface area contributed by atoms with Gasteiger partial charge in [-0.1, -0.05) is 27.7 Å². The van der Waals surface area contributed by atoms with Crippen LogP contribution in [0.4, 0.5) is 5.82 Å². The molecule has 116 valence electrons. The molecule has 1 saturated carbocycles. The van der Waals surface area contributed by atoms with Gasteiger partial charge in [0.25, 0.3) is 5.91 Å². The Bertz CT molecular complexity index is 524. The van der Waals surface area contributed by atoms with E-state index in [1.54, 1.807) is 6.07 Å². The first-order valence-electron chi connectivity index (χ1n) is 7.61. The van der Waals surface area contributed by atoms with E-state index in [0.717, 1.165) is 25.0 Å². The Balaban J connectivity index is 2.28. The van der Waals surface area contributed by atoms with Gasteiger partial charge >= 0.3 is 0 Å². The van der Waals surface area contributed by atoms with E-state index >= 15 is 0 Å². The second-order valence-corrected chi connectivity index (χ2v) is 6.96. The van der Waals surface area contributed by atoms with Crippen molar-refractivity contribution in [2.24, 2.45) is 5.84 Å². The molecule has 1 heterocycles. The zero-order chi connectivity index (χ0) is 15.7. The van der Waals surface area contributed by atoms with Crippen LogP contribution in [0.5, 0.6) is 0 Å². The molecular formula is C16H26N4O. The van der Waals surface area contributed by atoms with Crippen LogP contribution in [0.25, 0.3) is 0 Å². The summed E-state index contributed by atoms with van der Waals surface area (Å²) in [5, 5.41) is 3.19. The van der Waals surface area contributed by atoms with Gasteiger partial charge in [0.15, 0.2) is 0 Å². The van der Waals surface area contributed by atoms with Crippen LogP contribution in [-0.2, 0) is 5.41 Å². The van der Waals surface area contributed by atoms with Gasteiger partial charge in [-0.3, -0.25) is 4.79 Å². The minimum Gasteiger partial charge on any atom is -0.347 e. The zero-order valence-electron chi connectivity index (χ0n) is 13.4. The number of pyridine rings is 1. The van der Waals surface area contributed by atoms with Gasteiger partial charge in [0, 0.05) is 22.2 Å². The number of nitrogens with two attached hydrogens (primary N) is 1. The standard InChI is InChI=1S/C16H26N4O/c1-5-16(7-6-8-16)19-14(21)11-9-12(15(2,3)4)18-13(10-11)20-17/h9-10H,5-8,17H2,1-4H3,(H,18,20)(H,19,21). The van der Waals surface area contributed by atoms with Crippen LogP contribution in [-0.4, -0.2) is 16.4 Å². The lowest BCUT2D eigenvalue weighted by Crippen LogP contribution is -2.53. The number of hydrazine groups is 1. The first-order valence-corrected chi connectivity index (χ1v) is 7.61. The van der Waals surface area contributed by atoms with Crippen LogP contribution in [0.3, 0.4) is 0 Å². The third kappa shape index (κ3) is 3.35. The summed E-state index contributed by atoms with van der Waals surface area (Å²) in [7, 11) is 0. The Morgan fingerprint density at radius 2 is 2.05 bits per heavy atom. The van der Waals surface area contributed by atoms with Crippen molar-refractivity contribution in [1.82, 2.24) is 10.3 Å². The van der Waals surface area contributed by atoms with Crippen molar-refractivity contribution in [1.29, 1.82) is 0 Å². The fraction of sp³-hybridized carbons (Fsp3) is 0.625. The first-order chi connectivity index (χ1) is 9.79. The van der Waals surface area contributed by atoms with E-state index in [4.69, 9.17) is 5.84 Å². The topological polar surface area (TPSA) is 80.0 Å². The predicted octanol–water partition coefficient (Wildman–Crippen LogP) is 2.73. The second-order valence-electron chi connectivity index (χ2n) is 6.96. The Hall–Kier alpha value is -1.62. The highest BCUT2D eigenvalue weighted by atomic mass is 16.1. The smallest absolute Gasteiger partial charge is 0.251 e. The molecule has 0 spiro atoms. The summed E-state index contributed by atoms with van der Waals surface area (Å²) in [5.74, 6) is 5.96. The molecule has 0 aromatic carbocycles. The van der Waals surface area contributed by atoms with Gasteiger partial charge in [-0.2, -0.15) is 0 Å². The maximum absolute atomic E-state index is 12.6. The van der Waals surface area contributed by atoms with Gasteiger partial charge in [0.05, 0.1) is 0 Å². The number of carbonyl (C=O) groups is 1. The molecule has 5 nitrogen and oxygen atoms in total. The molecule has 0 atom stereocenters. The lowest BCUT2D eigenvalue weighted by atomic mass is 9.74. The number of carbonyl (C=O) groups excluding carboxylic acids is 1. The fourth-order valence-corrected chi connectivity index (χ4v) is 2.60. The largest absolute Gasteiger partial charge is 0.347 e. The molecule has 1 aliphatic rings. The van der Waals surface area contributed by atoms with Crippen molar-refractivity contribution in [3.05, 3.63) is 23.4 Å². The van der Waals surface area contributed by atoms with Gasteiger partial charge in [0.1, 0.15) is 5.82 Å². The molecule has 1 aromatic rings. The number of rotatable bonds is 4. The van der Waals surface area contributed by atoms with E-state index < -0.39 is 0 Å². The number of hydrogen-bond acceptors (Lipinski definition) is 4. The predicted molar refractivity (Wildman–Crippen MR) is 85.1 cm³/mol. The third-order valence-electron chi connectivity index (χ3n) is 4.37. The monoisotopic (exact) mass is 290 g/mol. The van der Waals surface area contributed by atoms with E-state index in [-0.39, 0.29) is 16.9 Å². The summed E-state index contributed by atoms with van der Waals surface area (Å²) < 4.78 is 0. The molecule has 1 fully saturated rings. The van der Waals surface area contributed by atoms with Crippen molar-refractivity contribution in [2.75, 3.05) is 5.43 Å². The van der Waals surface area contributed by atoms with Crippen LogP contribution >= 0.6 is 0 Å². The summed E-state index contributed by atoms with van der Waals surface area (Å²) in [6.45, 7) is 8.32. The molecule has 4 N–H and O–H groups in total. The Kier molecular flexibility index (Phi) is 4.23. The number of hydrogen-bond donors (Lipinski definition) is 3. The quantitative estimate of drug-likeness (QED) is 0.588. The number of aromatic nitrogens is 1. The van der Waals surface area contributed by atoms with Gasteiger partial charge in [-0.15, -0.1) is 0 Å². The average molecular weight is 290 g/mol. The summed E-state index contributed by atoms with van der Waals surface area (Å²) in [4.78, 5) is 17.0. The van der Waals surface area contributed by atoms with Gasteiger partial charge < -0.3 is 10.7 Å². The molecule has 1 aromatic heterocycles. The Labute approximate surface area is 126 Å². The van der Waals surface area contributed by atoms with Crippen LogP contribution < -0.4 is 16.6 Å². The van der Waals surface area contributed by atoms with E-state index in [0.29, 0.717) is 11.4 Å². The molecule has 0 unspecified atom stereocenters. The fourth-order valence-electron chi connectivity index (χ4n) is 2.60. The normalized spacial score (nSPS) is 17.0. The summed E-state index contributed by atoms with van der Waals surface area (Å²) >= 11 is 0. The minimum atomic E-state index is -0.138. The van der Waals surface area contributed by atoms with Crippen molar-refractivity contribution in [3.63, 3.8) is 0 Å². The van der Waals surface area contributed by atoms with Crippen molar-refractivity contribution < 1.29 is 4.79 Å². The summed E-state index contributed by atoms with van der Waals surface area (Å²) in [6.07, 6.45) is 4.29. The van der Waals surface area contributed by atoms with Crippen LogP contribution in [0.15, 0.2) is 12.1 Å². The maximum Gasteiger partial charge on any atom is 0.251 e. The second kappa shape index (κ2) is 5.64. The molecule has 0 bridgehead atoms.